The number of para-hydroxylation sites is 1. The molecule has 0 radical (unpaired) electrons. The molecule has 2 saturated heterocycles. The van der Waals surface area contributed by atoms with Gasteiger partial charge in [0.25, 0.3) is 0 Å². The Bertz CT molecular complexity index is 730. The van der Waals surface area contributed by atoms with Crippen LogP contribution in [0.15, 0.2) is 30.6 Å². The molecule has 0 saturated carbocycles. The van der Waals surface area contributed by atoms with E-state index in [-0.39, 0.29) is 12.2 Å². The first kappa shape index (κ1) is 15.3. The number of hydrogen-bond donors (Lipinski definition) is 3. The molecule has 4 rings (SSSR count). The van der Waals surface area contributed by atoms with E-state index in [0.717, 1.165) is 49.3 Å². The van der Waals surface area contributed by atoms with Crippen LogP contribution in [-0.2, 0) is 6.54 Å². The van der Waals surface area contributed by atoms with Crippen molar-refractivity contribution in [1.29, 1.82) is 0 Å². The quantitative estimate of drug-likeness (QED) is 0.714. The van der Waals surface area contributed by atoms with Gasteiger partial charge in [0, 0.05) is 51.7 Å². The van der Waals surface area contributed by atoms with E-state index in [4.69, 9.17) is 0 Å². The highest BCUT2D eigenvalue weighted by molar-refractivity contribution is 5.79. The zero-order chi connectivity index (χ0) is 16.4. The summed E-state index contributed by atoms with van der Waals surface area (Å²) in [6, 6.07) is 5.71. The van der Waals surface area contributed by atoms with E-state index in [1.165, 1.54) is 0 Å². The third-order valence-corrected chi connectivity index (χ3v) is 4.53. The Hall–Kier alpha value is -2.29. The maximum absolute atomic E-state index is 12.6. The van der Waals surface area contributed by atoms with Crippen LogP contribution in [0.4, 0.5) is 4.79 Å². The zero-order valence-corrected chi connectivity index (χ0v) is 13.4. The number of carbonyl (C=O) groups is 1. The highest BCUT2D eigenvalue weighted by Crippen LogP contribution is 2.14. The predicted octanol–water partition coefficient (Wildman–Crippen LogP) is -0.109. The van der Waals surface area contributed by atoms with Gasteiger partial charge in [-0.15, -0.1) is 0 Å². The van der Waals surface area contributed by atoms with Crippen molar-refractivity contribution in [3.8, 4) is 0 Å². The number of piperazine rings is 1. The number of rotatable bonds is 2. The topological polar surface area (TPSA) is 85.4 Å². The number of amides is 2. The third-order valence-electron chi connectivity index (χ3n) is 4.53. The monoisotopic (exact) mass is 327 g/mol. The first-order chi connectivity index (χ1) is 11.8. The Morgan fingerprint density at radius 1 is 1.25 bits per heavy atom. The smallest absolute Gasteiger partial charge is 0.333 e. The summed E-state index contributed by atoms with van der Waals surface area (Å²) >= 11 is 0. The predicted molar refractivity (Wildman–Crippen MR) is 89.8 cm³/mol. The van der Waals surface area contributed by atoms with Crippen LogP contribution in [0, 0.1) is 0 Å². The van der Waals surface area contributed by atoms with Crippen molar-refractivity contribution in [3.05, 3.63) is 36.2 Å². The van der Waals surface area contributed by atoms with Crippen molar-refractivity contribution in [3.63, 3.8) is 0 Å². The van der Waals surface area contributed by atoms with E-state index in [0.29, 0.717) is 6.54 Å². The van der Waals surface area contributed by atoms with Crippen molar-refractivity contribution < 1.29 is 4.79 Å². The molecular weight excluding hydrogens is 306 g/mol. The van der Waals surface area contributed by atoms with E-state index < -0.39 is 0 Å². The van der Waals surface area contributed by atoms with Crippen LogP contribution in [0.1, 0.15) is 5.56 Å². The Morgan fingerprint density at radius 2 is 2.12 bits per heavy atom. The summed E-state index contributed by atoms with van der Waals surface area (Å²) in [5, 5.41) is 8.04. The van der Waals surface area contributed by atoms with Crippen molar-refractivity contribution in [1.82, 2.24) is 35.9 Å². The molecule has 3 N–H and O–H groups in total. The van der Waals surface area contributed by atoms with Gasteiger partial charge in [-0.25, -0.2) is 15.2 Å². The number of nitrogens with one attached hydrogen (secondary N) is 3. The van der Waals surface area contributed by atoms with Gasteiger partial charge < -0.3 is 10.6 Å². The van der Waals surface area contributed by atoms with E-state index in [9.17, 15) is 4.79 Å². The molecule has 2 aliphatic rings. The third kappa shape index (κ3) is 2.91. The van der Waals surface area contributed by atoms with Crippen LogP contribution in [-0.4, -0.2) is 64.8 Å². The molecule has 2 aromatic rings. The molecule has 8 nitrogen and oxygen atoms in total. The van der Waals surface area contributed by atoms with E-state index in [2.05, 4.69) is 30.9 Å². The van der Waals surface area contributed by atoms with Crippen LogP contribution in [0.2, 0.25) is 0 Å². The minimum atomic E-state index is -0.116. The lowest BCUT2D eigenvalue weighted by molar-refractivity contribution is -0.0158. The molecular formula is C16H21N7O. The molecule has 2 aliphatic heterocycles. The van der Waals surface area contributed by atoms with Gasteiger partial charge in [-0.3, -0.25) is 14.9 Å². The van der Waals surface area contributed by atoms with Gasteiger partial charge in [-0.05, 0) is 11.6 Å². The second kappa shape index (κ2) is 6.68. The Morgan fingerprint density at radius 3 is 3.08 bits per heavy atom. The SMILES string of the molecule is O=C(NCc1cccc2nccnc12)N1NCCN2CCNCC21. The maximum Gasteiger partial charge on any atom is 0.333 e. The lowest BCUT2D eigenvalue weighted by atomic mass is 10.2. The molecule has 0 spiro atoms. The zero-order valence-electron chi connectivity index (χ0n) is 13.4. The molecule has 2 amide bonds. The molecule has 1 atom stereocenters. The fourth-order valence-corrected chi connectivity index (χ4v) is 3.33. The number of hydrazine groups is 1. The minimum Gasteiger partial charge on any atom is -0.333 e. The van der Waals surface area contributed by atoms with Crippen LogP contribution in [0.3, 0.4) is 0 Å². The van der Waals surface area contributed by atoms with Gasteiger partial charge in [0.1, 0.15) is 6.17 Å². The lowest BCUT2D eigenvalue weighted by Crippen LogP contribution is -2.70. The number of nitrogens with zero attached hydrogens (tertiary/aromatic N) is 4. The number of fused-ring (bicyclic) bond motifs is 2. The molecule has 0 aliphatic carbocycles. The van der Waals surface area contributed by atoms with Gasteiger partial charge in [-0.1, -0.05) is 12.1 Å². The highest BCUT2D eigenvalue weighted by Gasteiger charge is 2.34. The molecule has 1 aromatic carbocycles. The van der Waals surface area contributed by atoms with E-state index in [1.54, 1.807) is 17.4 Å². The maximum atomic E-state index is 12.6. The fourth-order valence-electron chi connectivity index (χ4n) is 3.33. The van der Waals surface area contributed by atoms with E-state index in [1.807, 2.05) is 18.2 Å². The average Bonchev–Trinajstić information content (AvgIpc) is 2.65. The average molecular weight is 327 g/mol. The summed E-state index contributed by atoms with van der Waals surface area (Å²) in [5.41, 5.74) is 5.83. The Kier molecular flexibility index (Phi) is 4.24. The summed E-state index contributed by atoms with van der Waals surface area (Å²) in [4.78, 5) is 23.6. The first-order valence-corrected chi connectivity index (χ1v) is 8.27. The standard InChI is InChI=1S/C16H21N7O/c24-16(23-14-11-17-6-8-22(14)9-7-21-23)20-10-12-2-1-3-13-15(12)19-5-4-18-13/h1-5,14,17,21H,6-11H2,(H,20,24). The molecule has 8 heteroatoms. The van der Waals surface area contributed by atoms with Gasteiger partial charge in [0.15, 0.2) is 0 Å². The summed E-state index contributed by atoms with van der Waals surface area (Å²) in [6.07, 6.45) is 3.40. The molecule has 3 heterocycles. The van der Waals surface area contributed by atoms with Crippen molar-refractivity contribution >= 4 is 17.1 Å². The number of benzene rings is 1. The highest BCUT2D eigenvalue weighted by atomic mass is 16.2. The van der Waals surface area contributed by atoms with Crippen LogP contribution in [0.5, 0.6) is 0 Å². The van der Waals surface area contributed by atoms with Crippen molar-refractivity contribution in [2.24, 2.45) is 0 Å². The Balaban J connectivity index is 1.46. The molecule has 1 aromatic heterocycles. The second-order valence-electron chi connectivity index (χ2n) is 6.00. The second-order valence-corrected chi connectivity index (χ2v) is 6.00. The molecule has 24 heavy (non-hydrogen) atoms. The minimum absolute atomic E-state index is 0.0554. The van der Waals surface area contributed by atoms with Crippen LogP contribution < -0.4 is 16.1 Å². The van der Waals surface area contributed by atoms with Crippen molar-refractivity contribution in [2.75, 3.05) is 32.7 Å². The van der Waals surface area contributed by atoms with Crippen LogP contribution >= 0.6 is 0 Å². The number of aromatic nitrogens is 2. The number of hydrogen-bond acceptors (Lipinski definition) is 6. The number of carbonyl (C=O) groups excluding carboxylic acids is 1. The van der Waals surface area contributed by atoms with Crippen molar-refractivity contribution in [2.45, 2.75) is 12.7 Å². The van der Waals surface area contributed by atoms with Gasteiger partial charge in [0.2, 0.25) is 0 Å². The summed E-state index contributed by atoms with van der Waals surface area (Å²) in [5.74, 6) is 0. The normalized spacial score (nSPS) is 21.5. The van der Waals surface area contributed by atoms with Gasteiger partial charge in [0.05, 0.1) is 11.0 Å². The molecule has 126 valence electrons. The van der Waals surface area contributed by atoms with E-state index >= 15 is 0 Å². The molecule has 0 bridgehead atoms. The Labute approximate surface area is 140 Å². The van der Waals surface area contributed by atoms with Gasteiger partial charge in [-0.2, -0.15) is 0 Å². The number of urea groups is 1. The summed E-state index contributed by atoms with van der Waals surface area (Å²) in [6.45, 7) is 4.89. The molecule has 1 unspecified atom stereocenters. The first-order valence-electron chi connectivity index (χ1n) is 8.27. The van der Waals surface area contributed by atoms with Gasteiger partial charge >= 0.3 is 6.03 Å². The largest absolute Gasteiger partial charge is 0.333 e. The van der Waals surface area contributed by atoms with Crippen LogP contribution in [0.25, 0.3) is 11.0 Å². The molecule has 2 fully saturated rings. The lowest BCUT2D eigenvalue weighted by Gasteiger charge is -2.46. The summed E-state index contributed by atoms with van der Waals surface area (Å²) < 4.78 is 0. The fraction of sp³-hybridized carbons (Fsp3) is 0.438. The summed E-state index contributed by atoms with van der Waals surface area (Å²) in [7, 11) is 0.